The van der Waals surface area contributed by atoms with Gasteiger partial charge in [0.15, 0.2) is 0 Å². The molecule has 0 aliphatic carbocycles. The van der Waals surface area contributed by atoms with Crippen LogP contribution in [0.2, 0.25) is 0 Å². The van der Waals surface area contributed by atoms with Crippen molar-refractivity contribution in [3.8, 4) is 44.5 Å². The second-order valence-corrected chi connectivity index (χ2v) is 14.3. The van der Waals surface area contributed by atoms with Gasteiger partial charge in [0, 0.05) is 17.1 Å². The predicted molar refractivity (Wildman–Crippen MR) is 219 cm³/mol. The molecule has 0 aliphatic rings. The molecule has 0 aromatic heterocycles. The van der Waals surface area contributed by atoms with E-state index in [9.17, 15) is 0 Å². The van der Waals surface area contributed by atoms with E-state index < -0.39 is 0 Å². The maximum Gasteiger partial charge on any atom is 0.0462 e. The molecule has 0 aliphatic heterocycles. The molecule has 0 heterocycles. The van der Waals surface area contributed by atoms with Crippen LogP contribution in [-0.2, 0) is 5.41 Å². The van der Waals surface area contributed by atoms with Crippen molar-refractivity contribution in [1.29, 1.82) is 0 Å². The lowest BCUT2D eigenvalue weighted by atomic mass is 9.85. The summed E-state index contributed by atoms with van der Waals surface area (Å²) in [5.41, 5.74) is 14.5. The fraction of sp³-hybridized carbons (Fsp3) is 0.0800. The molecule has 0 amide bonds. The van der Waals surface area contributed by atoms with Crippen LogP contribution in [0.1, 0.15) is 26.3 Å². The summed E-state index contributed by atoms with van der Waals surface area (Å²) in [6, 6.07) is 70.4. The fourth-order valence-corrected chi connectivity index (χ4v) is 6.97. The highest BCUT2D eigenvalue weighted by Gasteiger charge is 2.16. The number of rotatable bonds is 7. The first-order valence-corrected chi connectivity index (χ1v) is 17.8. The van der Waals surface area contributed by atoms with Crippen molar-refractivity contribution in [3.05, 3.63) is 200 Å². The largest absolute Gasteiger partial charge is 0.311 e. The van der Waals surface area contributed by atoms with Crippen LogP contribution >= 0.6 is 0 Å². The average Bonchev–Trinajstić information content (AvgIpc) is 3.19. The zero-order valence-electron chi connectivity index (χ0n) is 29.4. The first-order valence-electron chi connectivity index (χ1n) is 17.8. The first kappa shape index (κ1) is 32.0. The Morgan fingerprint density at radius 3 is 1.31 bits per heavy atom. The van der Waals surface area contributed by atoms with Gasteiger partial charge in [-0.3, -0.25) is 0 Å². The highest BCUT2D eigenvalue weighted by Crippen LogP contribution is 2.38. The van der Waals surface area contributed by atoms with E-state index in [2.05, 4.69) is 220 Å². The summed E-state index contributed by atoms with van der Waals surface area (Å²) in [6.07, 6.45) is 0. The van der Waals surface area contributed by atoms with Crippen LogP contribution in [0.3, 0.4) is 0 Å². The number of benzene rings is 8. The SMILES string of the molecule is CC(C)(C)c1cccc(-c2ccc(N(c3ccc(-c4ccccc4)cc3)c3ccc(-c4ccc(-c5cccc6ccccc56)cc4)cc3)cc2)c1. The number of fused-ring (bicyclic) bond motifs is 1. The monoisotopic (exact) mass is 655 g/mol. The van der Waals surface area contributed by atoms with E-state index in [-0.39, 0.29) is 5.41 Å². The van der Waals surface area contributed by atoms with Crippen molar-refractivity contribution in [2.75, 3.05) is 4.90 Å². The average molecular weight is 656 g/mol. The van der Waals surface area contributed by atoms with Gasteiger partial charge in [0.25, 0.3) is 0 Å². The summed E-state index contributed by atoms with van der Waals surface area (Å²) >= 11 is 0. The normalized spacial score (nSPS) is 11.4. The van der Waals surface area contributed by atoms with E-state index in [1.54, 1.807) is 0 Å². The highest BCUT2D eigenvalue weighted by atomic mass is 15.1. The van der Waals surface area contributed by atoms with Gasteiger partial charge in [-0.25, -0.2) is 0 Å². The molecule has 246 valence electrons. The molecule has 1 heteroatoms. The number of hydrogen-bond donors (Lipinski definition) is 0. The van der Waals surface area contributed by atoms with E-state index in [1.165, 1.54) is 60.8 Å². The fourth-order valence-electron chi connectivity index (χ4n) is 6.97. The molecule has 0 fully saturated rings. The van der Waals surface area contributed by atoms with Crippen molar-refractivity contribution in [2.24, 2.45) is 0 Å². The van der Waals surface area contributed by atoms with Crippen LogP contribution < -0.4 is 4.90 Å². The van der Waals surface area contributed by atoms with Gasteiger partial charge in [-0.2, -0.15) is 0 Å². The van der Waals surface area contributed by atoms with Crippen LogP contribution in [0.4, 0.5) is 17.1 Å². The Kier molecular flexibility index (Phi) is 8.56. The quantitative estimate of drug-likeness (QED) is 0.165. The lowest BCUT2D eigenvalue weighted by Gasteiger charge is -2.26. The van der Waals surface area contributed by atoms with Crippen molar-refractivity contribution in [2.45, 2.75) is 26.2 Å². The van der Waals surface area contributed by atoms with Crippen LogP contribution in [-0.4, -0.2) is 0 Å². The van der Waals surface area contributed by atoms with Gasteiger partial charge in [0.05, 0.1) is 0 Å². The summed E-state index contributed by atoms with van der Waals surface area (Å²) in [4.78, 5) is 2.34. The number of nitrogens with zero attached hydrogens (tertiary/aromatic N) is 1. The summed E-state index contributed by atoms with van der Waals surface area (Å²) < 4.78 is 0. The van der Waals surface area contributed by atoms with Crippen molar-refractivity contribution in [1.82, 2.24) is 0 Å². The Labute approximate surface area is 302 Å². The van der Waals surface area contributed by atoms with Gasteiger partial charge in [-0.05, 0) is 103 Å². The van der Waals surface area contributed by atoms with Gasteiger partial charge < -0.3 is 4.90 Å². The van der Waals surface area contributed by atoms with Crippen molar-refractivity contribution >= 4 is 27.8 Å². The van der Waals surface area contributed by atoms with Crippen LogP contribution in [0.25, 0.3) is 55.3 Å². The minimum atomic E-state index is 0.101. The number of hydrogen-bond acceptors (Lipinski definition) is 1. The van der Waals surface area contributed by atoms with Gasteiger partial charge >= 0.3 is 0 Å². The molecule has 0 bridgehead atoms. The standard InChI is InChI=1S/C50H41N/c1-50(2,3)44-16-9-15-43(35-44)40-27-33-47(34-28-40)51(45-29-23-38(24-30-45)36-11-5-4-6-12-36)46-31-25-39(26-32-46)37-19-21-42(22-20-37)49-18-10-14-41-13-7-8-17-48(41)49/h4-35H,1-3H3. The molecule has 8 aromatic rings. The summed E-state index contributed by atoms with van der Waals surface area (Å²) in [5.74, 6) is 0. The van der Waals surface area contributed by atoms with E-state index in [0.717, 1.165) is 17.1 Å². The van der Waals surface area contributed by atoms with Crippen LogP contribution in [0, 0.1) is 0 Å². The third-order valence-electron chi connectivity index (χ3n) is 9.86. The second kappa shape index (κ2) is 13.6. The minimum absolute atomic E-state index is 0.101. The molecule has 0 saturated carbocycles. The molecular formula is C50H41N. The lowest BCUT2D eigenvalue weighted by Crippen LogP contribution is -2.11. The molecule has 8 rings (SSSR count). The smallest absolute Gasteiger partial charge is 0.0462 e. The van der Waals surface area contributed by atoms with Crippen LogP contribution in [0.15, 0.2) is 194 Å². The second-order valence-electron chi connectivity index (χ2n) is 14.3. The van der Waals surface area contributed by atoms with Crippen LogP contribution in [0.5, 0.6) is 0 Å². The Bertz CT molecular complexity index is 2390. The molecule has 0 atom stereocenters. The van der Waals surface area contributed by atoms with E-state index in [0.29, 0.717) is 0 Å². The van der Waals surface area contributed by atoms with E-state index >= 15 is 0 Å². The third kappa shape index (κ3) is 6.72. The molecule has 51 heavy (non-hydrogen) atoms. The lowest BCUT2D eigenvalue weighted by molar-refractivity contribution is 0.590. The molecular weight excluding hydrogens is 615 g/mol. The summed E-state index contributed by atoms with van der Waals surface area (Å²) in [6.45, 7) is 6.80. The molecule has 0 saturated heterocycles. The molecule has 0 spiro atoms. The zero-order valence-corrected chi connectivity index (χ0v) is 29.4. The van der Waals surface area contributed by atoms with Gasteiger partial charge in [-0.1, -0.05) is 178 Å². The Balaban J connectivity index is 1.12. The predicted octanol–water partition coefficient (Wildman–Crippen LogP) is 14.3. The number of anilines is 3. The van der Waals surface area contributed by atoms with E-state index in [4.69, 9.17) is 0 Å². The Morgan fingerprint density at radius 2 is 0.745 bits per heavy atom. The summed E-state index contributed by atoms with van der Waals surface area (Å²) in [5, 5.41) is 2.54. The molecule has 0 unspecified atom stereocenters. The van der Waals surface area contributed by atoms with Gasteiger partial charge in [0.2, 0.25) is 0 Å². The van der Waals surface area contributed by atoms with Gasteiger partial charge in [-0.15, -0.1) is 0 Å². The van der Waals surface area contributed by atoms with Crippen molar-refractivity contribution in [3.63, 3.8) is 0 Å². The molecule has 0 radical (unpaired) electrons. The zero-order chi connectivity index (χ0) is 34.8. The minimum Gasteiger partial charge on any atom is -0.311 e. The van der Waals surface area contributed by atoms with Crippen molar-refractivity contribution < 1.29 is 0 Å². The first-order chi connectivity index (χ1) is 24.9. The topological polar surface area (TPSA) is 3.24 Å². The van der Waals surface area contributed by atoms with Gasteiger partial charge in [0.1, 0.15) is 0 Å². The van der Waals surface area contributed by atoms with E-state index in [1.807, 2.05) is 0 Å². The maximum atomic E-state index is 2.34. The maximum absolute atomic E-state index is 2.34. The summed E-state index contributed by atoms with van der Waals surface area (Å²) in [7, 11) is 0. The third-order valence-corrected chi connectivity index (χ3v) is 9.86. The highest BCUT2D eigenvalue weighted by molar-refractivity contribution is 5.97. The molecule has 1 nitrogen and oxygen atoms in total. The molecule has 0 N–H and O–H groups in total. The molecule has 8 aromatic carbocycles. The Morgan fingerprint density at radius 1 is 0.333 bits per heavy atom. The Hall–Kier alpha value is -6.18.